The van der Waals surface area contributed by atoms with Gasteiger partial charge in [-0.05, 0) is 48.8 Å². The minimum atomic E-state index is 0.00540. The second-order valence-electron chi connectivity index (χ2n) is 9.37. The molecule has 1 aromatic carbocycles. The van der Waals surface area contributed by atoms with E-state index in [2.05, 4.69) is 39.0 Å². The van der Waals surface area contributed by atoms with Gasteiger partial charge in [-0.15, -0.1) is 0 Å². The Bertz CT molecular complexity index is 954. The van der Waals surface area contributed by atoms with Gasteiger partial charge in [0.2, 0.25) is 11.9 Å². The van der Waals surface area contributed by atoms with Crippen LogP contribution in [0.3, 0.4) is 0 Å². The molecule has 1 fully saturated rings. The Morgan fingerprint density at radius 1 is 1.10 bits per heavy atom. The Morgan fingerprint density at radius 2 is 1.93 bits per heavy atom. The third kappa shape index (κ3) is 3.47. The predicted molar refractivity (Wildman–Crippen MR) is 118 cm³/mol. The number of nitrogens with zero attached hydrogens (tertiary/aromatic N) is 5. The Hall–Kier alpha value is -2.47. The number of carbonyl (C=O) groups excluding carboxylic acids is 1. The number of carbonyl (C=O) groups is 1. The van der Waals surface area contributed by atoms with Gasteiger partial charge in [0.05, 0.1) is 12.2 Å². The van der Waals surface area contributed by atoms with Crippen molar-refractivity contribution in [1.29, 1.82) is 0 Å². The molecule has 0 N–H and O–H groups in total. The lowest BCUT2D eigenvalue weighted by Crippen LogP contribution is -2.51. The Morgan fingerprint density at radius 3 is 2.77 bits per heavy atom. The largest absolute Gasteiger partial charge is 0.347 e. The van der Waals surface area contributed by atoms with Crippen LogP contribution in [-0.4, -0.2) is 65.9 Å². The molecule has 2 aliphatic heterocycles. The lowest BCUT2D eigenvalue weighted by Gasteiger charge is -2.41. The first-order valence-electron chi connectivity index (χ1n) is 11.1. The van der Waals surface area contributed by atoms with Gasteiger partial charge in [-0.1, -0.05) is 24.3 Å². The number of hydrogen-bond acceptors (Lipinski definition) is 5. The predicted octanol–water partition coefficient (Wildman–Crippen LogP) is 2.41. The van der Waals surface area contributed by atoms with Gasteiger partial charge < -0.3 is 9.80 Å². The molecule has 0 bridgehead atoms. The normalized spacial score (nSPS) is 23.3. The molecule has 3 aliphatic rings. The lowest BCUT2D eigenvalue weighted by atomic mass is 9.77. The van der Waals surface area contributed by atoms with E-state index >= 15 is 0 Å². The molecule has 2 aromatic rings. The van der Waals surface area contributed by atoms with Crippen LogP contribution in [0.15, 0.2) is 30.5 Å². The number of benzene rings is 1. The zero-order valence-electron chi connectivity index (χ0n) is 18.1. The van der Waals surface area contributed by atoms with Gasteiger partial charge in [0.15, 0.2) is 0 Å². The number of piperidine rings is 1. The number of hydrogen-bond donors (Lipinski definition) is 0. The highest BCUT2D eigenvalue weighted by atomic mass is 16.2. The fraction of sp³-hybridized carbons (Fsp3) is 0.542. The Balaban J connectivity index is 1.30. The maximum atomic E-state index is 13.2. The van der Waals surface area contributed by atoms with Gasteiger partial charge in [-0.25, -0.2) is 9.97 Å². The highest BCUT2D eigenvalue weighted by Crippen LogP contribution is 2.44. The summed E-state index contributed by atoms with van der Waals surface area (Å²) < 4.78 is 0. The van der Waals surface area contributed by atoms with Crippen LogP contribution in [0, 0.1) is 0 Å². The monoisotopic (exact) mass is 405 g/mol. The van der Waals surface area contributed by atoms with Gasteiger partial charge in [0, 0.05) is 51.9 Å². The van der Waals surface area contributed by atoms with E-state index in [-0.39, 0.29) is 11.3 Å². The van der Waals surface area contributed by atoms with E-state index in [4.69, 9.17) is 4.98 Å². The van der Waals surface area contributed by atoms with Gasteiger partial charge in [-0.2, -0.15) is 0 Å². The smallest absolute Gasteiger partial charge is 0.236 e. The molecule has 1 saturated heterocycles. The topological polar surface area (TPSA) is 52.6 Å². The van der Waals surface area contributed by atoms with Gasteiger partial charge >= 0.3 is 0 Å². The average molecular weight is 406 g/mol. The molecule has 3 heterocycles. The van der Waals surface area contributed by atoms with Crippen molar-refractivity contribution in [3.05, 3.63) is 52.8 Å². The minimum absolute atomic E-state index is 0.00540. The van der Waals surface area contributed by atoms with Crippen LogP contribution >= 0.6 is 0 Å². The summed E-state index contributed by atoms with van der Waals surface area (Å²) in [7, 11) is 3.97. The van der Waals surface area contributed by atoms with Crippen LogP contribution in [-0.2, 0) is 29.6 Å². The van der Waals surface area contributed by atoms with Crippen LogP contribution in [0.4, 0.5) is 5.95 Å². The number of aromatic nitrogens is 2. The first-order valence-corrected chi connectivity index (χ1v) is 11.1. The van der Waals surface area contributed by atoms with Crippen LogP contribution < -0.4 is 4.90 Å². The second kappa shape index (κ2) is 7.65. The second-order valence-corrected chi connectivity index (χ2v) is 9.37. The molecule has 30 heavy (non-hydrogen) atoms. The standard InChI is InChI=1S/C24H31N5O/c1-27(2)23-25-14-19-8-11-24(22(19)26-23)10-5-12-29(17-24)21(30)16-28-13-9-18-6-3-4-7-20(18)15-28/h3-4,6-7,14H,5,8-13,15-17H2,1-2H3. The number of amides is 1. The summed E-state index contributed by atoms with van der Waals surface area (Å²) >= 11 is 0. The van der Waals surface area contributed by atoms with Crippen molar-refractivity contribution >= 4 is 11.9 Å². The maximum Gasteiger partial charge on any atom is 0.236 e. The molecule has 1 aliphatic carbocycles. The number of aryl methyl sites for hydroxylation is 1. The first kappa shape index (κ1) is 19.5. The van der Waals surface area contributed by atoms with Gasteiger partial charge in [0.25, 0.3) is 0 Å². The van der Waals surface area contributed by atoms with Crippen molar-refractivity contribution in [3.8, 4) is 0 Å². The number of fused-ring (bicyclic) bond motifs is 3. The molecule has 0 radical (unpaired) electrons. The molecule has 6 heteroatoms. The van der Waals surface area contributed by atoms with E-state index in [9.17, 15) is 4.79 Å². The lowest BCUT2D eigenvalue weighted by molar-refractivity contribution is -0.135. The highest BCUT2D eigenvalue weighted by molar-refractivity contribution is 5.78. The molecule has 158 valence electrons. The molecular formula is C24H31N5O. The third-order valence-corrected chi connectivity index (χ3v) is 7.13. The summed E-state index contributed by atoms with van der Waals surface area (Å²) in [6, 6.07) is 8.61. The minimum Gasteiger partial charge on any atom is -0.347 e. The SMILES string of the molecule is CN(C)c1ncc2c(n1)C1(CCCN(C(=O)CN3CCc4ccccc4C3)C1)CC2. The van der Waals surface area contributed by atoms with Crippen molar-refractivity contribution in [1.82, 2.24) is 19.8 Å². The molecular weight excluding hydrogens is 374 g/mol. The quantitative estimate of drug-likeness (QED) is 0.785. The molecule has 1 amide bonds. The fourth-order valence-electron chi connectivity index (χ4n) is 5.47. The van der Waals surface area contributed by atoms with Crippen LogP contribution in [0.1, 0.15) is 41.6 Å². The van der Waals surface area contributed by atoms with Crippen molar-refractivity contribution in [2.75, 3.05) is 45.2 Å². The summed E-state index contributed by atoms with van der Waals surface area (Å²) in [6.45, 7) is 4.02. The number of rotatable bonds is 3. The zero-order chi connectivity index (χ0) is 20.7. The maximum absolute atomic E-state index is 13.2. The van der Waals surface area contributed by atoms with Gasteiger partial charge in [0.1, 0.15) is 0 Å². The third-order valence-electron chi connectivity index (χ3n) is 7.13. The average Bonchev–Trinajstić information content (AvgIpc) is 3.10. The van der Waals surface area contributed by atoms with E-state index < -0.39 is 0 Å². The first-order chi connectivity index (χ1) is 14.5. The van der Waals surface area contributed by atoms with Gasteiger partial charge in [-0.3, -0.25) is 9.69 Å². The van der Waals surface area contributed by atoms with Crippen LogP contribution in [0.5, 0.6) is 0 Å². The molecule has 1 spiro atoms. The summed E-state index contributed by atoms with van der Waals surface area (Å²) in [6.07, 6.45) is 7.30. The highest BCUT2D eigenvalue weighted by Gasteiger charge is 2.45. The Labute approximate surface area is 178 Å². The molecule has 6 nitrogen and oxygen atoms in total. The molecule has 1 aromatic heterocycles. The Kier molecular flexibility index (Phi) is 4.97. The van der Waals surface area contributed by atoms with Crippen molar-refractivity contribution in [3.63, 3.8) is 0 Å². The van der Waals surface area contributed by atoms with E-state index in [1.807, 2.05) is 25.2 Å². The van der Waals surface area contributed by atoms with E-state index in [1.165, 1.54) is 22.4 Å². The van der Waals surface area contributed by atoms with Crippen LogP contribution in [0.25, 0.3) is 0 Å². The van der Waals surface area contributed by atoms with E-state index in [0.29, 0.717) is 6.54 Å². The van der Waals surface area contributed by atoms with Crippen molar-refractivity contribution in [2.24, 2.45) is 0 Å². The zero-order valence-corrected chi connectivity index (χ0v) is 18.1. The van der Waals surface area contributed by atoms with E-state index in [0.717, 1.165) is 64.2 Å². The fourth-order valence-corrected chi connectivity index (χ4v) is 5.47. The van der Waals surface area contributed by atoms with E-state index in [1.54, 1.807) is 0 Å². The number of likely N-dealkylation sites (tertiary alicyclic amines) is 1. The summed E-state index contributed by atoms with van der Waals surface area (Å²) in [5.41, 5.74) is 5.25. The summed E-state index contributed by atoms with van der Waals surface area (Å²) in [5.74, 6) is 1.04. The van der Waals surface area contributed by atoms with Crippen molar-refractivity contribution in [2.45, 2.75) is 44.1 Å². The van der Waals surface area contributed by atoms with Crippen LogP contribution in [0.2, 0.25) is 0 Å². The molecule has 1 atom stereocenters. The summed E-state index contributed by atoms with van der Waals surface area (Å²) in [4.78, 5) is 29.1. The van der Waals surface area contributed by atoms with Crippen molar-refractivity contribution < 1.29 is 4.79 Å². The number of anilines is 1. The molecule has 0 saturated carbocycles. The molecule has 1 unspecified atom stereocenters. The summed E-state index contributed by atoms with van der Waals surface area (Å²) in [5, 5.41) is 0. The molecule has 5 rings (SSSR count).